The number of hydrogen-bond donors (Lipinski definition) is 2. The molecule has 2 unspecified atom stereocenters. The Morgan fingerprint density at radius 1 is 1.36 bits per heavy atom. The van der Waals surface area contributed by atoms with E-state index in [1.807, 2.05) is 19.1 Å². The van der Waals surface area contributed by atoms with Gasteiger partial charge in [-0.25, -0.2) is 4.79 Å². The molecule has 2 atom stereocenters. The molecular weight excluding hydrogens is 280 g/mol. The van der Waals surface area contributed by atoms with Crippen LogP contribution in [0.3, 0.4) is 0 Å². The Hall–Kier alpha value is -1.59. The van der Waals surface area contributed by atoms with Crippen LogP contribution in [0.1, 0.15) is 31.9 Å². The van der Waals surface area contributed by atoms with Gasteiger partial charge in [0.05, 0.1) is 31.9 Å². The predicted octanol–water partition coefficient (Wildman–Crippen LogP) is 2.42. The van der Waals surface area contributed by atoms with Crippen LogP contribution in [-0.4, -0.2) is 47.9 Å². The highest BCUT2D eigenvalue weighted by Crippen LogP contribution is 2.19. The van der Waals surface area contributed by atoms with E-state index in [9.17, 15) is 9.90 Å². The number of nitrogens with zero attached hydrogens (tertiary/aromatic N) is 1. The summed E-state index contributed by atoms with van der Waals surface area (Å²) in [7, 11) is 0. The summed E-state index contributed by atoms with van der Waals surface area (Å²) in [6.07, 6.45) is 1.65. The van der Waals surface area contributed by atoms with E-state index in [0.717, 1.165) is 18.5 Å². The SMILES string of the molecule is CCc1ccc(NC(=O)N2CC(CO)OCC2C)cc1CC. The van der Waals surface area contributed by atoms with Crippen LogP contribution in [0.15, 0.2) is 18.2 Å². The van der Waals surface area contributed by atoms with Gasteiger partial charge in [-0.1, -0.05) is 19.9 Å². The van der Waals surface area contributed by atoms with E-state index in [1.165, 1.54) is 11.1 Å². The fourth-order valence-corrected chi connectivity index (χ4v) is 2.78. The molecule has 1 aliphatic heterocycles. The molecule has 1 saturated heterocycles. The Morgan fingerprint density at radius 3 is 2.73 bits per heavy atom. The average molecular weight is 306 g/mol. The number of aliphatic hydroxyl groups excluding tert-OH is 1. The van der Waals surface area contributed by atoms with Gasteiger partial charge in [-0.2, -0.15) is 0 Å². The molecule has 1 fully saturated rings. The van der Waals surface area contributed by atoms with E-state index in [-0.39, 0.29) is 24.8 Å². The van der Waals surface area contributed by atoms with Gasteiger partial charge in [0, 0.05) is 5.69 Å². The number of urea groups is 1. The Bertz CT molecular complexity index is 519. The van der Waals surface area contributed by atoms with Gasteiger partial charge in [-0.3, -0.25) is 0 Å². The second-order valence-electron chi connectivity index (χ2n) is 5.76. The molecule has 0 bridgehead atoms. The van der Waals surface area contributed by atoms with Crippen molar-refractivity contribution in [1.82, 2.24) is 4.90 Å². The van der Waals surface area contributed by atoms with Crippen molar-refractivity contribution in [2.45, 2.75) is 45.8 Å². The van der Waals surface area contributed by atoms with Crippen LogP contribution in [0, 0.1) is 0 Å². The molecule has 2 amide bonds. The van der Waals surface area contributed by atoms with Gasteiger partial charge in [-0.15, -0.1) is 0 Å². The molecule has 0 aliphatic carbocycles. The molecule has 1 aromatic rings. The number of morpholine rings is 1. The Kier molecular flexibility index (Phi) is 5.80. The zero-order valence-electron chi connectivity index (χ0n) is 13.6. The van der Waals surface area contributed by atoms with Gasteiger partial charge >= 0.3 is 6.03 Å². The summed E-state index contributed by atoms with van der Waals surface area (Å²) >= 11 is 0. The second-order valence-corrected chi connectivity index (χ2v) is 5.76. The van der Waals surface area contributed by atoms with E-state index in [1.54, 1.807) is 4.90 Å². The predicted molar refractivity (Wildman–Crippen MR) is 87.2 cm³/mol. The lowest BCUT2D eigenvalue weighted by atomic mass is 10.0. The zero-order valence-corrected chi connectivity index (χ0v) is 13.6. The number of ether oxygens (including phenoxy) is 1. The third kappa shape index (κ3) is 3.78. The second kappa shape index (κ2) is 7.61. The largest absolute Gasteiger partial charge is 0.394 e. The fraction of sp³-hybridized carbons (Fsp3) is 0.588. The maximum absolute atomic E-state index is 12.5. The van der Waals surface area contributed by atoms with Gasteiger partial charge in [-0.05, 0) is 43.0 Å². The average Bonchev–Trinajstić information content (AvgIpc) is 2.55. The van der Waals surface area contributed by atoms with Crippen molar-refractivity contribution in [3.05, 3.63) is 29.3 Å². The zero-order chi connectivity index (χ0) is 16.1. The standard InChI is InChI=1S/C17H26N2O3/c1-4-13-6-7-15(8-14(13)5-2)18-17(21)19-9-16(10-20)22-11-12(19)3/h6-8,12,16,20H,4-5,9-11H2,1-3H3,(H,18,21). The minimum atomic E-state index is -0.296. The highest BCUT2D eigenvalue weighted by atomic mass is 16.5. The number of aliphatic hydroxyl groups is 1. The van der Waals surface area contributed by atoms with Gasteiger partial charge in [0.2, 0.25) is 0 Å². The smallest absolute Gasteiger partial charge is 0.322 e. The molecule has 22 heavy (non-hydrogen) atoms. The molecule has 1 aromatic carbocycles. The molecule has 0 aromatic heterocycles. The molecule has 5 nitrogen and oxygen atoms in total. The molecule has 2 N–H and O–H groups in total. The minimum absolute atomic E-state index is 0.00311. The number of aryl methyl sites for hydroxylation is 2. The number of anilines is 1. The van der Waals surface area contributed by atoms with Crippen LogP contribution in [0.5, 0.6) is 0 Å². The van der Waals surface area contributed by atoms with Crippen molar-refractivity contribution in [2.24, 2.45) is 0 Å². The lowest BCUT2D eigenvalue weighted by Gasteiger charge is -2.37. The maximum atomic E-state index is 12.5. The summed E-state index contributed by atoms with van der Waals surface area (Å²) in [6.45, 7) is 7.00. The van der Waals surface area contributed by atoms with Gasteiger partial charge in [0.15, 0.2) is 0 Å². The quantitative estimate of drug-likeness (QED) is 0.898. The van der Waals surface area contributed by atoms with E-state index < -0.39 is 0 Å². The Morgan fingerprint density at radius 2 is 2.09 bits per heavy atom. The summed E-state index contributed by atoms with van der Waals surface area (Å²) in [5.41, 5.74) is 3.41. The van der Waals surface area contributed by atoms with E-state index in [4.69, 9.17) is 4.74 Å². The Labute approximate surface area is 132 Å². The molecule has 2 rings (SSSR count). The minimum Gasteiger partial charge on any atom is -0.394 e. The normalized spacial score (nSPS) is 21.7. The molecular formula is C17H26N2O3. The van der Waals surface area contributed by atoms with E-state index in [0.29, 0.717) is 13.2 Å². The van der Waals surface area contributed by atoms with Crippen LogP contribution >= 0.6 is 0 Å². The lowest BCUT2D eigenvalue weighted by molar-refractivity contribution is -0.0611. The van der Waals surface area contributed by atoms with Gasteiger partial charge in [0.1, 0.15) is 0 Å². The molecule has 1 heterocycles. The van der Waals surface area contributed by atoms with Crippen LogP contribution in [0.2, 0.25) is 0 Å². The summed E-state index contributed by atoms with van der Waals surface area (Å²) in [5.74, 6) is 0. The van der Waals surface area contributed by atoms with Gasteiger partial charge < -0.3 is 20.1 Å². The number of carbonyl (C=O) groups is 1. The van der Waals surface area contributed by atoms with Crippen molar-refractivity contribution >= 4 is 11.7 Å². The number of rotatable bonds is 4. The molecule has 122 valence electrons. The van der Waals surface area contributed by atoms with Crippen LogP contribution in [0.25, 0.3) is 0 Å². The van der Waals surface area contributed by atoms with E-state index >= 15 is 0 Å². The summed E-state index contributed by atoms with van der Waals surface area (Å²) in [4.78, 5) is 14.2. The third-order valence-electron chi connectivity index (χ3n) is 4.19. The first-order chi connectivity index (χ1) is 10.6. The molecule has 0 radical (unpaired) electrons. The van der Waals surface area contributed by atoms with Crippen molar-refractivity contribution in [3.8, 4) is 0 Å². The summed E-state index contributed by atoms with van der Waals surface area (Å²) < 4.78 is 5.47. The summed E-state index contributed by atoms with van der Waals surface area (Å²) in [6, 6.07) is 5.94. The summed E-state index contributed by atoms with van der Waals surface area (Å²) in [5, 5.41) is 12.2. The molecule has 0 spiro atoms. The third-order valence-corrected chi connectivity index (χ3v) is 4.19. The molecule has 0 saturated carbocycles. The number of carbonyl (C=O) groups excluding carboxylic acids is 1. The van der Waals surface area contributed by atoms with Crippen molar-refractivity contribution < 1.29 is 14.6 Å². The number of nitrogens with one attached hydrogen (secondary N) is 1. The number of hydrogen-bond acceptors (Lipinski definition) is 3. The first-order valence-corrected chi connectivity index (χ1v) is 8.00. The number of amides is 2. The van der Waals surface area contributed by atoms with Crippen molar-refractivity contribution in [3.63, 3.8) is 0 Å². The highest BCUT2D eigenvalue weighted by Gasteiger charge is 2.29. The first-order valence-electron chi connectivity index (χ1n) is 8.00. The van der Waals surface area contributed by atoms with Crippen molar-refractivity contribution in [1.29, 1.82) is 0 Å². The van der Waals surface area contributed by atoms with E-state index in [2.05, 4.69) is 25.2 Å². The van der Waals surface area contributed by atoms with Crippen LogP contribution < -0.4 is 5.32 Å². The fourth-order valence-electron chi connectivity index (χ4n) is 2.78. The Balaban J connectivity index is 2.07. The molecule has 5 heteroatoms. The lowest BCUT2D eigenvalue weighted by Crippen LogP contribution is -2.53. The topological polar surface area (TPSA) is 61.8 Å². The molecule has 1 aliphatic rings. The maximum Gasteiger partial charge on any atom is 0.322 e. The number of benzene rings is 1. The van der Waals surface area contributed by atoms with Gasteiger partial charge in [0.25, 0.3) is 0 Å². The monoisotopic (exact) mass is 306 g/mol. The first kappa shape index (κ1) is 16.8. The highest BCUT2D eigenvalue weighted by molar-refractivity contribution is 5.89. The van der Waals surface area contributed by atoms with Crippen LogP contribution in [-0.2, 0) is 17.6 Å². The van der Waals surface area contributed by atoms with Crippen molar-refractivity contribution in [2.75, 3.05) is 25.1 Å². The van der Waals surface area contributed by atoms with Crippen LogP contribution in [0.4, 0.5) is 10.5 Å².